The average molecular weight is 484 g/mol. The van der Waals surface area contributed by atoms with Crippen LogP contribution in [0, 0.1) is 28.8 Å². The van der Waals surface area contributed by atoms with Crippen molar-refractivity contribution >= 4 is 10.8 Å². The average Bonchev–Trinajstić information content (AvgIpc) is 2.86. The van der Waals surface area contributed by atoms with Gasteiger partial charge in [0.05, 0.1) is 13.2 Å². The van der Waals surface area contributed by atoms with Gasteiger partial charge in [0.1, 0.15) is 35.2 Å². The lowest BCUT2D eigenvalue weighted by atomic mass is 9.97. The highest BCUT2D eigenvalue weighted by molar-refractivity contribution is 5.84. The van der Waals surface area contributed by atoms with Crippen molar-refractivity contribution in [1.29, 1.82) is 5.26 Å². The maximum absolute atomic E-state index is 15.1. The first-order valence-corrected chi connectivity index (χ1v) is 11.9. The fourth-order valence-corrected chi connectivity index (χ4v) is 4.25. The van der Waals surface area contributed by atoms with E-state index in [1.54, 1.807) is 12.1 Å². The first-order chi connectivity index (χ1) is 17.0. The lowest BCUT2D eigenvalue weighted by Crippen LogP contribution is -2.37. The largest absolute Gasteiger partial charge is 0.373 e. The van der Waals surface area contributed by atoms with E-state index in [0.29, 0.717) is 42.8 Å². The summed E-state index contributed by atoms with van der Waals surface area (Å²) in [6.07, 6.45) is 2.65. The van der Waals surface area contributed by atoms with Gasteiger partial charge in [-0.3, -0.25) is 0 Å². The van der Waals surface area contributed by atoms with E-state index in [1.165, 1.54) is 6.07 Å². The molecule has 1 aliphatic rings. The minimum Gasteiger partial charge on any atom is -0.373 e. The molecule has 4 rings (SSSR count). The molecular weight excluding hydrogens is 455 g/mol. The van der Waals surface area contributed by atoms with Gasteiger partial charge in [0.25, 0.3) is 0 Å². The number of fused-ring (bicyclic) bond motifs is 1. The highest BCUT2D eigenvalue weighted by Gasteiger charge is 2.22. The van der Waals surface area contributed by atoms with Crippen LogP contribution >= 0.6 is 0 Å². The van der Waals surface area contributed by atoms with E-state index >= 15 is 4.39 Å². The lowest BCUT2D eigenvalue weighted by Gasteiger charge is -2.29. The van der Waals surface area contributed by atoms with Crippen LogP contribution < -0.4 is 0 Å². The van der Waals surface area contributed by atoms with Gasteiger partial charge in [0.2, 0.25) is 0 Å². The van der Waals surface area contributed by atoms with Crippen molar-refractivity contribution in [3.8, 4) is 6.07 Å². The second-order valence-electron chi connectivity index (χ2n) is 8.77. The molecule has 7 heteroatoms. The predicted molar refractivity (Wildman–Crippen MR) is 126 cm³/mol. The Morgan fingerprint density at radius 3 is 2.37 bits per heavy atom. The Kier molecular flexibility index (Phi) is 8.40. The minimum atomic E-state index is -0.900. The Morgan fingerprint density at radius 2 is 1.69 bits per heavy atom. The molecule has 0 spiro atoms. The van der Waals surface area contributed by atoms with Gasteiger partial charge in [-0.05, 0) is 59.9 Å². The van der Waals surface area contributed by atoms with E-state index in [0.717, 1.165) is 35.9 Å². The van der Waals surface area contributed by atoms with Crippen LogP contribution in [-0.2, 0) is 33.5 Å². The molecule has 3 aromatic rings. The van der Waals surface area contributed by atoms with E-state index in [9.17, 15) is 8.78 Å². The summed E-state index contributed by atoms with van der Waals surface area (Å²) < 4.78 is 60.0. The summed E-state index contributed by atoms with van der Waals surface area (Å²) in [4.78, 5) is 0. The van der Waals surface area contributed by atoms with Crippen molar-refractivity contribution in [3.63, 3.8) is 0 Å². The molecule has 0 amide bonds. The molecule has 1 fully saturated rings. The van der Waals surface area contributed by atoms with Gasteiger partial charge >= 0.3 is 0 Å². The summed E-state index contributed by atoms with van der Waals surface area (Å²) in [6.45, 7) is 3.81. The summed E-state index contributed by atoms with van der Waals surface area (Å²) in [5.41, 5.74) is 1.31. The monoisotopic (exact) mass is 483 g/mol. The second-order valence-corrected chi connectivity index (χ2v) is 8.77. The predicted octanol–water partition coefficient (Wildman–Crippen LogP) is 6.01. The van der Waals surface area contributed by atoms with Crippen LogP contribution in [0.4, 0.5) is 13.2 Å². The number of benzene rings is 3. The van der Waals surface area contributed by atoms with Gasteiger partial charge in [-0.15, -0.1) is 0 Å². The van der Waals surface area contributed by atoms with Gasteiger partial charge < -0.3 is 14.2 Å². The third kappa shape index (κ3) is 6.21. The topological polar surface area (TPSA) is 51.5 Å². The fraction of sp³-hybridized carbons (Fsp3) is 0.393. The zero-order chi connectivity index (χ0) is 24.8. The number of ether oxygens (including phenoxy) is 3. The summed E-state index contributed by atoms with van der Waals surface area (Å²) >= 11 is 0. The molecule has 3 aromatic carbocycles. The van der Waals surface area contributed by atoms with Crippen molar-refractivity contribution in [1.82, 2.24) is 0 Å². The van der Waals surface area contributed by atoms with Gasteiger partial charge in [-0.2, -0.15) is 5.26 Å². The van der Waals surface area contributed by atoms with Gasteiger partial charge in [0.15, 0.2) is 6.29 Å². The zero-order valence-corrected chi connectivity index (χ0v) is 19.7. The van der Waals surface area contributed by atoms with Gasteiger partial charge in [0, 0.05) is 18.4 Å². The Hall–Kier alpha value is -2.92. The Labute approximate surface area is 203 Å². The second kappa shape index (κ2) is 11.7. The lowest BCUT2D eigenvalue weighted by molar-refractivity contribution is -0.227. The highest BCUT2D eigenvalue weighted by atomic mass is 19.1. The van der Waals surface area contributed by atoms with E-state index in [1.807, 2.05) is 18.2 Å². The summed E-state index contributed by atoms with van der Waals surface area (Å²) in [6, 6.07) is 13.0. The molecule has 35 heavy (non-hydrogen) atoms. The van der Waals surface area contributed by atoms with Gasteiger partial charge in [-0.1, -0.05) is 37.3 Å². The SMILES string of the molecule is CCCOC1COC(CCc2ccc3c(F)c(CCc4cc(F)c(C#N)c(F)c4)ccc3c2)OC1. The highest BCUT2D eigenvalue weighted by Crippen LogP contribution is 2.25. The van der Waals surface area contributed by atoms with Crippen LogP contribution in [-0.4, -0.2) is 32.2 Å². The quantitative estimate of drug-likeness (QED) is 0.374. The molecule has 0 radical (unpaired) electrons. The number of halogens is 3. The minimum absolute atomic E-state index is 0.0148. The molecular formula is C28H28F3NO3. The first kappa shape index (κ1) is 25.2. The van der Waals surface area contributed by atoms with Crippen LogP contribution in [0.2, 0.25) is 0 Å². The summed E-state index contributed by atoms with van der Waals surface area (Å²) in [5, 5.41) is 10.1. The number of aryl methyl sites for hydroxylation is 3. The Morgan fingerprint density at radius 1 is 0.943 bits per heavy atom. The van der Waals surface area contributed by atoms with E-state index < -0.39 is 17.2 Å². The molecule has 1 saturated heterocycles. The maximum atomic E-state index is 15.1. The van der Waals surface area contributed by atoms with Gasteiger partial charge in [-0.25, -0.2) is 13.2 Å². The number of nitrogens with zero attached hydrogens (tertiary/aromatic N) is 1. The van der Waals surface area contributed by atoms with E-state index in [2.05, 4.69) is 6.92 Å². The van der Waals surface area contributed by atoms with Crippen molar-refractivity contribution in [2.24, 2.45) is 0 Å². The fourth-order valence-electron chi connectivity index (χ4n) is 4.25. The molecule has 1 aliphatic heterocycles. The Bertz CT molecular complexity index is 1190. The molecule has 4 nitrogen and oxygen atoms in total. The van der Waals surface area contributed by atoms with Crippen LogP contribution in [0.5, 0.6) is 0 Å². The van der Waals surface area contributed by atoms with Crippen LogP contribution in [0.3, 0.4) is 0 Å². The smallest absolute Gasteiger partial charge is 0.158 e. The van der Waals surface area contributed by atoms with Crippen LogP contribution in [0.25, 0.3) is 10.8 Å². The summed E-state index contributed by atoms with van der Waals surface area (Å²) in [5.74, 6) is -2.13. The molecule has 0 atom stereocenters. The van der Waals surface area contributed by atoms with Crippen LogP contribution in [0.15, 0.2) is 42.5 Å². The van der Waals surface area contributed by atoms with Crippen molar-refractivity contribution in [2.75, 3.05) is 19.8 Å². The third-order valence-corrected chi connectivity index (χ3v) is 6.16. The molecule has 0 saturated carbocycles. The molecule has 0 aliphatic carbocycles. The normalized spacial score (nSPS) is 18.0. The number of rotatable bonds is 9. The molecule has 0 aromatic heterocycles. The van der Waals surface area contributed by atoms with Crippen molar-refractivity contribution in [3.05, 3.63) is 82.2 Å². The summed E-state index contributed by atoms with van der Waals surface area (Å²) in [7, 11) is 0. The number of hydrogen-bond donors (Lipinski definition) is 0. The number of hydrogen-bond acceptors (Lipinski definition) is 4. The maximum Gasteiger partial charge on any atom is 0.158 e. The molecule has 184 valence electrons. The molecule has 1 heterocycles. The van der Waals surface area contributed by atoms with E-state index in [4.69, 9.17) is 19.5 Å². The standard InChI is InChI=1S/C28H28F3NO3/c1-2-11-33-22-16-34-27(35-17-22)10-5-18-4-9-23-21(12-18)8-7-20(28(23)31)6-3-19-13-25(29)24(15-32)26(30)14-19/h4,7-9,12-14,22,27H,2-3,5-6,10-11,16-17H2,1H3. The number of nitriles is 1. The zero-order valence-electron chi connectivity index (χ0n) is 19.7. The molecule has 0 unspecified atom stereocenters. The third-order valence-electron chi connectivity index (χ3n) is 6.16. The molecule has 0 bridgehead atoms. The van der Waals surface area contributed by atoms with Crippen molar-refractivity contribution < 1.29 is 27.4 Å². The first-order valence-electron chi connectivity index (χ1n) is 11.9. The van der Waals surface area contributed by atoms with Crippen LogP contribution in [0.1, 0.15) is 42.0 Å². The van der Waals surface area contributed by atoms with Crippen molar-refractivity contribution in [2.45, 2.75) is 51.4 Å². The van der Waals surface area contributed by atoms with E-state index in [-0.39, 0.29) is 31.1 Å². The Balaban J connectivity index is 1.36. The molecule has 0 N–H and O–H groups in total.